The number of rotatable bonds is 6. The van der Waals surface area contributed by atoms with Gasteiger partial charge in [0, 0.05) is 20.3 Å². The highest BCUT2D eigenvalue weighted by atomic mass is 16.5. The van der Waals surface area contributed by atoms with Crippen molar-refractivity contribution in [1.82, 2.24) is 5.32 Å². The van der Waals surface area contributed by atoms with E-state index < -0.39 is 6.04 Å². The van der Waals surface area contributed by atoms with Gasteiger partial charge in [0.05, 0.1) is 11.3 Å². The highest BCUT2D eigenvalue weighted by Crippen LogP contribution is 2.25. The lowest BCUT2D eigenvalue weighted by Crippen LogP contribution is -2.46. The van der Waals surface area contributed by atoms with Crippen molar-refractivity contribution < 1.29 is 14.3 Å². The molecule has 2 amide bonds. The molecule has 1 atom stereocenters. The third-order valence-electron chi connectivity index (χ3n) is 3.62. The van der Waals surface area contributed by atoms with E-state index in [4.69, 9.17) is 4.74 Å². The predicted molar refractivity (Wildman–Crippen MR) is 81.5 cm³/mol. The Kier molecular flexibility index (Phi) is 5.33. The lowest BCUT2D eigenvalue weighted by Gasteiger charge is -2.25. The van der Waals surface area contributed by atoms with Crippen LogP contribution in [0.15, 0.2) is 24.3 Å². The van der Waals surface area contributed by atoms with E-state index in [0.29, 0.717) is 30.8 Å². The third kappa shape index (κ3) is 3.42. The van der Waals surface area contributed by atoms with E-state index in [2.05, 4.69) is 5.32 Å². The monoisotopic (exact) mass is 290 g/mol. The summed E-state index contributed by atoms with van der Waals surface area (Å²) in [4.78, 5) is 26.7. The average Bonchev–Trinajstić information content (AvgIpc) is 2.59. The van der Waals surface area contributed by atoms with Crippen molar-refractivity contribution in [2.75, 3.05) is 25.2 Å². The summed E-state index contributed by atoms with van der Waals surface area (Å²) in [6.07, 6.45) is 2.24. The Morgan fingerprint density at radius 2 is 2.05 bits per heavy atom. The molecule has 0 fully saturated rings. The van der Waals surface area contributed by atoms with E-state index in [1.54, 1.807) is 18.1 Å². The quantitative estimate of drug-likeness (QED) is 0.815. The molecule has 0 aromatic heterocycles. The van der Waals surface area contributed by atoms with Gasteiger partial charge >= 0.3 is 0 Å². The number of anilines is 1. The third-order valence-corrected chi connectivity index (χ3v) is 3.62. The van der Waals surface area contributed by atoms with Gasteiger partial charge in [0.15, 0.2) is 0 Å². The fraction of sp³-hybridized carbons (Fsp3) is 0.500. The maximum Gasteiger partial charge on any atom is 0.254 e. The molecule has 0 aliphatic carbocycles. The second kappa shape index (κ2) is 7.22. The predicted octanol–water partition coefficient (Wildman–Crippen LogP) is 1.97. The van der Waals surface area contributed by atoms with Crippen LogP contribution in [0.1, 0.15) is 36.5 Å². The van der Waals surface area contributed by atoms with E-state index in [1.165, 1.54) is 0 Å². The maximum absolute atomic E-state index is 12.7. The molecule has 1 aromatic carbocycles. The Morgan fingerprint density at radius 3 is 2.76 bits per heavy atom. The van der Waals surface area contributed by atoms with E-state index in [0.717, 1.165) is 12.8 Å². The van der Waals surface area contributed by atoms with Crippen molar-refractivity contribution in [2.24, 2.45) is 0 Å². The normalized spacial score (nSPS) is 18.2. The fourth-order valence-electron chi connectivity index (χ4n) is 2.59. The summed E-state index contributed by atoms with van der Waals surface area (Å²) in [6.45, 7) is 3.15. The van der Waals surface area contributed by atoms with E-state index in [9.17, 15) is 9.59 Å². The van der Waals surface area contributed by atoms with E-state index in [-0.39, 0.29) is 11.8 Å². The first-order valence-corrected chi connectivity index (χ1v) is 7.39. The van der Waals surface area contributed by atoms with Gasteiger partial charge in [-0.05, 0) is 25.0 Å². The molecule has 1 aliphatic rings. The van der Waals surface area contributed by atoms with Gasteiger partial charge < -0.3 is 15.0 Å². The number of methoxy groups -OCH3 is 1. The first-order chi connectivity index (χ1) is 10.2. The van der Waals surface area contributed by atoms with Gasteiger partial charge in [-0.15, -0.1) is 0 Å². The summed E-state index contributed by atoms with van der Waals surface area (Å²) in [5.41, 5.74) is 1.25. The number of fused-ring (bicyclic) bond motifs is 1. The molecule has 0 radical (unpaired) electrons. The maximum atomic E-state index is 12.7. The van der Waals surface area contributed by atoms with Crippen LogP contribution in [0.2, 0.25) is 0 Å². The average molecular weight is 290 g/mol. The Labute approximate surface area is 125 Å². The summed E-state index contributed by atoms with van der Waals surface area (Å²) in [7, 11) is 1.64. The van der Waals surface area contributed by atoms with Crippen LogP contribution in [0.5, 0.6) is 0 Å². The highest BCUT2D eigenvalue weighted by molar-refractivity contribution is 6.10. The molecular formula is C16H22N2O3. The standard InChI is InChI=1S/C16H22N2O3/c1-3-7-13-16(20)18(10-6-11-21-2)14-9-5-4-8-12(14)15(19)17-13/h4-5,8-9,13H,3,6-7,10-11H2,1-2H3,(H,17,19). The number of nitrogens with one attached hydrogen (secondary N) is 1. The molecule has 0 saturated heterocycles. The van der Waals surface area contributed by atoms with Crippen molar-refractivity contribution in [3.05, 3.63) is 29.8 Å². The molecule has 1 N–H and O–H groups in total. The van der Waals surface area contributed by atoms with Crippen LogP contribution in [0.25, 0.3) is 0 Å². The zero-order chi connectivity index (χ0) is 15.2. The second-order valence-corrected chi connectivity index (χ2v) is 5.17. The SMILES string of the molecule is CCCC1NC(=O)c2ccccc2N(CCCOC)C1=O. The number of amides is 2. The van der Waals surface area contributed by atoms with Gasteiger partial charge in [0.25, 0.3) is 5.91 Å². The van der Waals surface area contributed by atoms with Gasteiger partial charge in [-0.2, -0.15) is 0 Å². The Morgan fingerprint density at radius 1 is 1.29 bits per heavy atom. The molecule has 2 rings (SSSR count). The minimum absolute atomic E-state index is 0.0359. The molecular weight excluding hydrogens is 268 g/mol. The van der Waals surface area contributed by atoms with Gasteiger partial charge in [-0.3, -0.25) is 9.59 Å². The summed E-state index contributed by atoms with van der Waals surface area (Å²) < 4.78 is 5.06. The molecule has 0 bridgehead atoms. The summed E-state index contributed by atoms with van der Waals surface area (Å²) >= 11 is 0. The van der Waals surface area contributed by atoms with Crippen molar-refractivity contribution in [1.29, 1.82) is 0 Å². The molecule has 1 aliphatic heterocycles. The number of carbonyl (C=O) groups is 2. The number of ether oxygens (including phenoxy) is 1. The summed E-state index contributed by atoms with van der Waals surface area (Å²) in [5, 5.41) is 2.84. The zero-order valence-corrected chi connectivity index (χ0v) is 12.6. The summed E-state index contributed by atoms with van der Waals surface area (Å²) in [6, 6.07) is 6.81. The number of hydrogen-bond donors (Lipinski definition) is 1. The van der Waals surface area contributed by atoms with Crippen LogP contribution in [-0.2, 0) is 9.53 Å². The van der Waals surface area contributed by atoms with Crippen LogP contribution < -0.4 is 10.2 Å². The molecule has 0 spiro atoms. The van der Waals surface area contributed by atoms with Crippen LogP contribution in [0.4, 0.5) is 5.69 Å². The molecule has 1 aromatic rings. The Hall–Kier alpha value is -1.88. The highest BCUT2D eigenvalue weighted by Gasteiger charge is 2.32. The molecule has 114 valence electrons. The Balaban J connectivity index is 2.33. The number of nitrogens with zero attached hydrogens (tertiary/aromatic N) is 1. The second-order valence-electron chi connectivity index (χ2n) is 5.17. The first-order valence-electron chi connectivity index (χ1n) is 7.39. The minimum atomic E-state index is -0.447. The number of carbonyl (C=O) groups excluding carboxylic acids is 2. The Bertz CT molecular complexity index is 516. The number of benzene rings is 1. The lowest BCUT2D eigenvalue weighted by molar-refractivity contribution is -0.120. The van der Waals surface area contributed by atoms with Crippen LogP contribution in [-0.4, -0.2) is 38.1 Å². The van der Waals surface area contributed by atoms with Gasteiger partial charge in [-0.1, -0.05) is 25.5 Å². The van der Waals surface area contributed by atoms with E-state index >= 15 is 0 Å². The van der Waals surface area contributed by atoms with Crippen molar-refractivity contribution in [3.63, 3.8) is 0 Å². The van der Waals surface area contributed by atoms with Crippen LogP contribution in [0.3, 0.4) is 0 Å². The molecule has 1 heterocycles. The van der Waals surface area contributed by atoms with Crippen LogP contribution in [0, 0.1) is 0 Å². The molecule has 1 unspecified atom stereocenters. The number of para-hydroxylation sites is 1. The van der Waals surface area contributed by atoms with E-state index in [1.807, 2.05) is 25.1 Å². The smallest absolute Gasteiger partial charge is 0.254 e. The molecule has 5 heteroatoms. The van der Waals surface area contributed by atoms with Gasteiger partial charge in [0.1, 0.15) is 6.04 Å². The minimum Gasteiger partial charge on any atom is -0.385 e. The lowest BCUT2D eigenvalue weighted by atomic mass is 10.1. The van der Waals surface area contributed by atoms with Crippen molar-refractivity contribution >= 4 is 17.5 Å². The molecule has 0 saturated carbocycles. The molecule has 5 nitrogen and oxygen atoms in total. The first kappa shape index (κ1) is 15.5. The van der Waals surface area contributed by atoms with Crippen molar-refractivity contribution in [2.45, 2.75) is 32.2 Å². The summed E-state index contributed by atoms with van der Waals surface area (Å²) in [5.74, 6) is -0.210. The largest absolute Gasteiger partial charge is 0.385 e. The zero-order valence-electron chi connectivity index (χ0n) is 12.6. The fourth-order valence-corrected chi connectivity index (χ4v) is 2.59. The van der Waals surface area contributed by atoms with Gasteiger partial charge in [0.2, 0.25) is 5.91 Å². The number of hydrogen-bond acceptors (Lipinski definition) is 3. The molecule has 21 heavy (non-hydrogen) atoms. The van der Waals surface area contributed by atoms with Crippen molar-refractivity contribution in [3.8, 4) is 0 Å². The topological polar surface area (TPSA) is 58.6 Å². The van der Waals surface area contributed by atoms with Crippen LogP contribution >= 0.6 is 0 Å². The van der Waals surface area contributed by atoms with Gasteiger partial charge in [-0.25, -0.2) is 0 Å².